The summed E-state index contributed by atoms with van der Waals surface area (Å²) in [7, 11) is -4.16. The van der Waals surface area contributed by atoms with Crippen LogP contribution in [0.15, 0.2) is 33.9 Å². The molecule has 0 amide bonds. The van der Waals surface area contributed by atoms with Crippen LogP contribution in [0.4, 0.5) is 15.8 Å². The quantitative estimate of drug-likeness (QED) is 0.618. The minimum Gasteiger partial charge on any atom is -0.399 e. The van der Waals surface area contributed by atoms with E-state index in [1.165, 1.54) is 6.20 Å². The number of sulfonamides is 1. The third-order valence-corrected chi connectivity index (χ3v) is 5.06. The molecular weight excluding hydrogens is 385 g/mol. The minimum atomic E-state index is -4.16. The molecule has 112 valence electrons. The lowest BCUT2D eigenvalue weighted by Crippen LogP contribution is -2.15. The van der Waals surface area contributed by atoms with Crippen molar-refractivity contribution in [2.45, 2.75) is 11.8 Å². The van der Waals surface area contributed by atoms with Crippen LogP contribution in [-0.4, -0.2) is 13.4 Å². The number of aryl methyl sites for hydroxylation is 1. The second-order valence-electron chi connectivity index (χ2n) is 4.25. The van der Waals surface area contributed by atoms with Crippen LogP contribution in [0.2, 0.25) is 5.02 Å². The van der Waals surface area contributed by atoms with Crippen molar-refractivity contribution in [2.75, 3.05) is 10.5 Å². The number of nitrogens with one attached hydrogen (secondary N) is 1. The van der Waals surface area contributed by atoms with E-state index in [1.807, 2.05) is 0 Å². The van der Waals surface area contributed by atoms with Crippen LogP contribution in [0.3, 0.4) is 0 Å². The van der Waals surface area contributed by atoms with Gasteiger partial charge >= 0.3 is 0 Å². The summed E-state index contributed by atoms with van der Waals surface area (Å²) in [5, 5.41) is -0.361. The number of benzene rings is 1. The summed E-state index contributed by atoms with van der Waals surface area (Å²) < 4.78 is 41.1. The van der Waals surface area contributed by atoms with E-state index in [4.69, 9.17) is 17.3 Å². The van der Waals surface area contributed by atoms with Crippen molar-refractivity contribution >= 4 is 48.9 Å². The Kier molecular flexibility index (Phi) is 4.40. The predicted octanol–water partition coefficient (Wildman–Crippen LogP) is 3.33. The molecule has 2 rings (SSSR count). The molecular formula is C12H10BrClFN3O2S. The van der Waals surface area contributed by atoms with Crippen LogP contribution in [0.25, 0.3) is 0 Å². The third kappa shape index (κ3) is 3.45. The zero-order valence-electron chi connectivity index (χ0n) is 10.7. The van der Waals surface area contributed by atoms with Gasteiger partial charge in [0.05, 0.1) is 16.9 Å². The normalized spacial score (nSPS) is 11.4. The van der Waals surface area contributed by atoms with Crippen molar-refractivity contribution in [2.24, 2.45) is 0 Å². The van der Waals surface area contributed by atoms with E-state index >= 15 is 0 Å². The molecule has 0 aliphatic heterocycles. The smallest absolute Gasteiger partial charge is 0.264 e. The van der Waals surface area contributed by atoms with Crippen LogP contribution in [0.5, 0.6) is 0 Å². The molecule has 1 heterocycles. The number of hydrogen-bond donors (Lipinski definition) is 2. The van der Waals surface area contributed by atoms with Gasteiger partial charge in [0, 0.05) is 5.69 Å². The number of pyridine rings is 1. The van der Waals surface area contributed by atoms with Gasteiger partial charge in [0.2, 0.25) is 0 Å². The number of aromatic nitrogens is 1. The van der Waals surface area contributed by atoms with Crippen molar-refractivity contribution in [3.8, 4) is 0 Å². The first kappa shape index (κ1) is 16.0. The number of nitrogens with zero attached hydrogens (tertiary/aromatic N) is 1. The molecule has 0 bridgehead atoms. The Hall–Kier alpha value is -1.38. The second kappa shape index (κ2) is 5.78. The maximum Gasteiger partial charge on any atom is 0.264 e. The maximum absolute atomic E-state index is 13.9. The second-order valence-corrected chi connectivity index (χ2v) is 7.06. The Bertz CT molecular complexity index is 814. The fourth-order valence-corrected chi connectivity index (χ4v) is 3.27. The number of hydrogen-bond acceptors (Lipinski definition) is 4. The topological polar surface area (TPSA) is 85.1 Å². The minimum absolute atomic E-state index is 0.0480. The first-order valence-electron chi connectivity index (χ1n) is 5.60. The molecule has 0 aliphatic rings. The summed E-state index contributed by atoms with van der Waals surface area (Å²) in [6.07, 6.45) is 1.31. The van der Waals surface area contributed by atoms with E-state index in [-0.39, 0.29) is 16.4 Å². The maximum atomic E-state index is 13.9. The van der Waals surface area contributed by atoms with Crippen molar-refractivity contribution < 1.29 is 12.8 Å². The van der Waals surface area contributed by atoms with Crippen molar-refractivity contribution in [1.82, 2.24) is 4.98 Å². The monoisotopic (exact) mass is 393 g/mol. The van der Waals surface area contributed by atoms with Gasteiger partial charge in [-0.15, -0.1) is 0 Å². The van der Waals surface area contributed by atoms with Gasteiger partial charge in [-0.25, -0.2) is 17.8 Å². The largest absolute Gasteiger partial charge is 0.399 e. The molecule has 0 atom stereocenters. The van der Waals surface area contributed by atoms with Crippen LogP contribution in [0, 0.1) is 12.7 Å². The summed E-state index contributed by atoms with van der Waals surface area (Å²) >= 11 is 8.81. The number of halogens is 3. The molecule has 1 aromatic heterocycles. The molecule has 0 fully saturated rings. The molecule has 0 unspecified atom stereocenters. The van der Waals surface area contributed by atoms with E-state index < -0.39 is 20.7 Å². The predicted molar refractivity (Wildman–Crippen MR) is 83.3 cm³/mol. The van der Waals surface area contributed by atoms with Crippen molar-refractivity contribution in [3.05, 3.63) is 45.4 Å². The molecule has 1 aromatic carbocycles. The highest BCUT2D eigenvalue weighted by atomic mass is 79.9. The zero-order valence-corrected chi connectivity index (χ0v) is 13.9. The van der Waals surface area contributed by atoms with E-state index in [9.17, 15) is 12.8 Å². The van der Waals surface area contributed by atoms with E-state index in [0.29, 0.717) is 4.60 Å². The van der Waals surface area contributed by atoms with Crippen LogP contribution in [-0.2, 0) is 10.0 Å². The number of rotatable bonds is 3. The third-order valence-electron chi connectivity index (χ3n) is 2.57. The molecule has 0 aliphatic carbocycles. The first-order chi connectivity index (χ1) is 9.70. The number of nitrogen functional groups attached to an aromatic ring is 1. The number of nitrogens with two attached hydrogens (primary N) is 1. The Morgan fingerprint density at radius 3 is 2.67 bits per heavy atom. The summed E-state index contributed by atoms with van der Waals surface area (Å²) in [4.78, 5) is 3.34. The summed E-state index contributed by atoms with van der Waals surface area (Å²) in [5.41, 5.74) is 6.47. The lowest BCUT2D eigenvalue weighted by molar-refractivity contribution is 0.571. The van der Waals surface area contributed by atoms with Gasteiger partial charge in [0.1, 0.15) is 9.50 Å². The molecule has 2 aromatic rings. The highest BCUT2D eigenvalue weighted by molar-refractivity contribution is 9.10. The molecule has 0 radical (unpaired) electrons. The molecule has 21 heavy (non-hydrogen) atoms. The lowest BCUT2D eigenvalue weighted by Gasteiger charge is -2.11. The SMILES string of the molecule is Cc1cc(NS(=O)(=O)c2cc(N)cc(Cl)c2F)cnc1Br. The van der Waals surface area contributed by atoms with Gasteiger partial charge < -0.3 is 5.73 Å². The Morgan fingerprint density at radius 1 is 1.38 bits per heavy atom. The fraction of sp³-hybridized carbons (Fsp3) is 0.0833. The van der Waals surface area contributed by atoms with Gasteiger partial charge in [-0.05, 0) is 46.6 Å². The van der Waals surface area contributed by atoms with Gasteiger partial charge in [-0.1, -0.05) is 11.6 Å². The van der Waals surface area contributed by atoms with Gasteiger partial charge in [-0.2, -0.15) is 0 Å². The van der Waals surface area contributed by atoms with Crippen LogP contribution in [0.1, 0.15) is 5.56 Å². The first-order valence-corrected chi connectivity index (χ1v) is 8.25. The van der Waals surface area contributed by atoms with Gasteiger partial charge in [0.15, 0.2) is 5.82 Å². The Labute approximate surface area is 134 Å². The van der Waals surface area contributed by atoms with E-state index in [1.54, 1.807) is 13.0 Å². The van der Waals surface area contributed by atoms with Crippen molar-refractivity contribution in [1.29, 1.82) is 0 Å². The highest BCUT2D eigenvalue weighted by Gasteiger charge is 2.22. The summed E-state index contributed by atoms with van der Waals surface area (Å²) in [6.45, 7) is 1.74. The average Bonchev–Trinajstić information content (AvgIpc) is 2.37. The Morgan fingerprint density at radius 2 is 2.05 bits per heavy atom. The average molecular weight is 395 g/mol. The van der Waals surface area contributed by atoms with Crippen LogP contribution >= 0.6 is 27.5 Å². The van der Waals surface area contributed by atoms with E-state index in [2.05, 4.69) is 25.6 Å². The van der Waals surface area contributed by atoms with Crippen LogP contribution < -0.4 is 10.5 Å². The lowest BCUT2D eigenvalue weighted by atomic mass is 10.3. The molecule has 3 N–H and O–H groups in total. The highest BCUT2D eigenvalue weighted by Crippen LogP contribution is 2.27. The zero-order chi connectivity index (χ0) is 15.8. The molecule has 0 spiro atoms. The molecule has 5 nitrogen and oxygen atoms in total. The molecule has 9 heteroatoms. The van der Waals surface area contributed by atoms with Gasteiger partial charge in [-0.3, -0.25) is 4.72 Å². The Balaban J connectivity index is 2.45. The fourth-order valence-electron chi connectivity index (χ4n) is 1.60. The van der Waals surface area contributed by atoms with Crippen molar-refractivity contribution in [3.63, 3.8) is 0 Å². The van der Waals surface area contributed by atoms with Gasteiger partial charge in [0.25, 0.3) is 10.0 Å². The standard InChI is InChI=1S/C12H10BrClFN3O2S/c1-6-2-8(5-17-12(6)13)18-21(19,20)10-4-7(16)3-9(14)11(10)15/h2-5,18H,16H2,1H3. The molecule has 0 saturated carbocycles. The summed E-state index contributed by atoms with van der Waals surface area (Å²) in [5.74, 6) is -1.06. The summed E-state index contributed by atoms with van der Waals surface area (Å²) in [6, 6.07) is 3.70. The molecule has 0 saturated heterocycles. The number of anilines is 2. The van der Waals surface area contributed by atoms with E-state index in [0.717, 1.165) is 17.7 Å².